The van der Waals surface area contributed by atoms with Crippen molar-refractivity contribution in [3.63, 3.8) is 0 Å². The third-order valence-electron chi connectivity index (χ3n) is 3.77. The Balaban J connectivity index is 1.86. The summed E-state index contributed by atoms with van der Waals surface area (Å²) in [4.78, 5) is 14.2. The van der Waals surface area contributed by atoms with Crippen molar-refractivity contribution in [2.24, 2.45) is 5.92 Å². The Morgan fingerprint density at radius 3 is 2.44 bits per heavy atom. The second-order valence-electron chi connectivity index (χ2n) is 4.82. The van der Waals surface area contributed by atoms with Crippen LogP contribution in [0.2, 0.25) is 0 Å². The number of carbonyl (C=O) groups is 1. The highest BCUT2D eigenvalue weighted by molar-refractivity contribution is 5.79. The molecule has 0 atom stereocenters. The average Bonchev–Trinajstić information content (AvgIpc) is 2.39. The molecule has 2 fully saturated rings. The first-order chi connectivity index (χ1) is 7.79. The topological polar surface area (TPSA) is 41.6 Å². The molecule has 2 heterocycles. The first-order valence-corrected chi connectivity index (χ1v) is 6.34. The van der Waals surface area contributed by atoms with Gasteiger partial charge in [-0.2, -0.15) is 0 Å². The zero-order chi connectivity index (χ0) is 11.4. The average molecular weight is 226 g/mol. The number of carbonyl (C=O) groups excluding carboxylic acids is 1. The fourth-order valence-electron chi connectivity index (χ4n) is 2.61. The van der Waals surface area contributed by atoms with Gasteiger partial charge >= 0.3 is 0 Å². The van der Waals surface area contributed by atoms with Crippen LogP contribution in [0.15, 0.2) is 0 Å². The maximum absolute atomic E-state index is 12.2. The van der Waals surface area contributed by atoms with Crippen LogP contribution in [0.3, 0.4) is 0 Å². The van der Waals surface area contributed by atoms with Crippen molar-refractivity contribution in [3.05, 3.63) is 0 Å². The van der Waals surface area contributed by atoms with Crippen LogP contribution in [0.25, 0.3) is 0 Å². The zero-order valence-corrected chi connectivity index (χ0v) is 10.1. The molecule has 0 aromatic rings. The smallest absolute Gasteiger partial charge is 0.225 e. The minimum absolute atomic E-state index is 0.202. The summed E-state index contributed by atoms with van der Waals surface area (Å²) in [5, 5.41) is 3.33. The number of nitrogens with one attached hydrogen (secondary N) is 1. The standard InChI is InChI=1S/C12H22N2O2/c1-14(11-2-6-13-7-3-11)12(15)10-4-8-16-9-5-10/h10-11,13H,2-9H2,1H3. The Hall–Kier alpha value is -0.610. The fraction of sp³-hybridized carbons (Fsp3) is 0.917. The van der Waals surface area contributed by atoms with Gasteiger partial charge in [0.05, 0.1) is 0 Å². The summed E-state index contributed by atoms with van der Waals surface area (Å²) in [7, 11) is 1.97. The van der Waals surface area contributed by atoms with Gasteiger partial charge in [0, 0.05) is 32.2 Å². The Kier molecular flexibility index (Phi) is 4.18. The lowest BCUT2D eigenvalue weighted by atomic mass is 9.96. The lowest BCUT2D eigenvalue weighted by molar-refractivity contribution is -0.139. The summed E-state index contributed by atoms with van der Waals surface area (Å²) in [6.45, 7) is 3.57. The number of amides is 1. The normalized spacial score (nSPS) is 24.3. The van der Waals surface area contributed by atoms with Gasteiger partial charge in [-0.1, -0.05) is 0 Å². The summed E-state index contributed by atoms with van der Waals surface area (Å²) in [6, 6.07) is 0.441. The van der Waals surface area contributed by atoms with E-state index in [1.807, 2.05) is 11.9 Å². The monoisotopic (exact) mass is 226 g/mol. The van der Waals surface area contributed by atoms with E-state index in [2.05, 4.69) is 5.32 Å². The van der Waals surface area contributed by atoms with Crippen molar-refractivity contribution in [2.45, 2.75) is 31.7 Å². The van der Waals surface area contributed by atoms with E-state index < -0.39 is 0 Å². The van der Waals surface area contributed by atoms with E-state index in [1.165, 1.54) is 0 Å². The van der Waals surface area contributed by atoms with Crippen LogP contribution in [0.5, 0.6) is 0 Å². The molecule has 4 nitrogen and oxygen atoms in total. The molecule has 0 saturated carbocycles. The summed E-state index contributed by atoms with van der Waals surface area (Å²) in [5.41, 5.74) is 0. The van der Waals surface area contributed by atoms with Gasteiger partial charge in [0.25, 0.3) is 0 Å². The van der Waals surface area contributed by atoms with E-state index in [9.17, 15) is 4.79 Å². The summed E-state index contributed by atoms with van der Waals surface area (Å²) in [5.74, 6) is 0.531. The van der Waals surface area contributed by atoms with E-state index >= 15 is 0 Å². The molecular weight excluding hydrogens is 204 g/mol. The number of rotatable bonds is 2. The fourth-order valence-corrected chi connectivity index (χ4v) is 2.61. The molecular formula is C12H22N2O2. The molecule has 16 heavy (non-hydrogen) atoms. The summed E-state index contributed by atoms with van der Waals surface area (Å²) >= 11 is 0. The Morgan fingerprint density at radius 2 is 1.81 bits per heavy atom. The molecule has 0 aromatic heterocycles. The van der Waals surface area contributed by atoms with Crippen molar-refractivity contribution in [1.82, 2.24) is 10.2 Å². The molecule has 2 saturated heterocycles. The van der Waals surface area contributed by atoms with Crippen molar-refractivity contribution >= 4 is 5.91 Å². The molecule has 0 unspecified atom stereocenters. The molecule has 2 aliphatic rings. The third-order valence-corrected chi connectivity index (χ3v) is 3.77. The zero-order valence-electron chi connectivity index (χ0n) is 10.1. The number of ether oxygens (including phenoxy) is 1. The predicted octanol–water partition coefficient (Wildman–Crippen LogP) is 0.623. The number of hydrogen-bond acceptors (Lipinski definition) is 3. The predicted molar refractivity (Wildman–Crippen MR) is 62.2 cm³/mol. The van der Waals surface area contributed by atoms with Gasteiger partial charge in [0.15, 0.2) is 0 Å². The van der Waals surface area contributed by atoms with Crippen molar-refractivity contribution < 1.29 is 9.53 Å². The minimum atomic E-state index is 0.202. The van der Waals surface area contributed by atoms with Crippen molar-refractivity contribution in [3.8, 4) is 0 Å². The van der Waals surface area contributed by atoms with E-state index in [0.29, 0.717) is 11.9 Å². The van der Waals surface area contributed by atoms with Crippen molar-refractivity contribution in [2.75, 3.05) is 33.4 Å². The second-order valence-corrected chi connectivity index (χ2v) is 4.82. The first-order valence-electron chi connectivity index (χ1n) is 6.34. The lowest BCUT2D eigenvalue weighted by Gasteiger charge is -2.34. The highest BCUT2D eigenvalue weighted by Crippen LogP contribution is 2.20. The van der Waals surface area contributed by atoms with Crippen LogP contribution < -0.4 is 5.32 Å². The molecule has 0 bridgehead atoms. The quantitative estimate of drug-likeness (QED) is 0.750. The van der Waals surface area contributed by atoms with Crippen LogP contribution in [0.1, 0.15) is 25.7 Å². The Labute approximate surface area is 97.3 Å². The number of hydrogen-bond donors (Lipinski definition) is 1. The molecule has 0 aliphatic carbocycles. The minimum Gasteiger partial charge on any atom is -0.381 e. The Bertz CT molecular complexity index is 233. The maximum Gasteiger partial charge on any atom is 0.225 e. The molecule has 4 heteroatoms. The van der Waals surface area contributed by atoms with Gasteiger partial charge in [-0.3, -0.25) is 4.79 Å². The van der Waals surface area contributed by atoms with Gasteiger partial charge in [0.2, 0.25) is 5.91 Å². The van der Waals surface area contributed by atoms with Gasteiger partial charge in [-0.15, -0.1) is 0 Å². The highest BCUT2D eigenvalue weighted by Gasteiger charge is 2.28. The molecule has 92 valence electrons. The highest BCUT2D eigenvalue weighted by atomic mass is 16.5. The molecule has 0 spiro atoms. The van der Waals surface area contributed by atoms with E-state index in [1.54, 1.807) is 0 Å². The van der Waals surface area contributed by atoms with Crippen LogP contribution in [-0.2, 0) is 9.53 Å². The number of piperidine rings is 1. The number of nitrogens with zero attached hydrogens (tertiary/aromatic N) is 1. The van der Waals surface area contributed by atoms with E-state index in [4.69, 9.17) is 4.74 Å². The Morgan fingerprint density at radius 1 is 1.19 bits per heavy atom. The van der Waals surface area contributed by atoms with Crippen LogP contribution in [-0.4, -0.2) is 50.2 Å². The summed E-state index contributed by atoms with van der Waals surface area (Å²) in [6.07, 6.45) is 3.97. The maximum atomic E-state index is 12.2. The third kappa shape index (κ3) is 2.74. The molecule has 2 aliphatic heterocycles. The molecule has 0 radical (unpaired) electrons. The van der Waals surface area contributed by atoms with Crippen LogP contribution >= 0.6 is 0 Å². The van der Waals surface area contributed by atoms with Gasteiger partial charge in [0.1, 0.15) is 0 Å². The van der Waals surface area contributed by atoms with E-state index in [-0.39, 0.29) is 5.92 Å². The van der Waals surface area contributed by atoms with Crippen LogP contribution in [0.4, 0.5) is 0 Å². The molecule has 1 N–H and O–H groups in total. The van der Waals surface area contributed by atoms with Gasteiger partial charge in [-0.05, 0) is 38.8 Å². The molecule has 2 rings (SSSR count). The van der Waals surface area contributed by atoms with Crippen LogP contribution in [0, 0.1) is 5.92 Å². The molecule has 0 aromatic carbocycles. The largest absolute Gasteiger partial charge is 0.381 e. The van der Waals surface area contributed by atoms with E-state index in [0.717, 1.165) is 52.0 Å². The molecule has 1 amide bonds. The second kappa shape index (κ2) is 5.64. The first kappa shape index (κ1) is 11.9. The lowest BCUT2D eigenvalue weighted by Crippen LogP contribution is -2.46. The SMILES string of the molecule is CN(C(=O)C1CCOCC1)C1CCNCC1. The van der Waals surface area contributed by atoms with Gasteiger partial charge < -0.3 is 15.0 Å². The van der Waals surface area contributed by atoms with Gasteiger partial charge in [-0.25, -0.2) is 0 Å². The van der Waals surface area contributed by atoms with Crippen molar-refractivity contribution in [1.29, 1.82) is 0 Å². The summed E-state index contributed by atoms with van der Waals surface area (Å²) < 4.78 is 5.29.